The highest BCUT2D eigenvalue weighted by molar-refractivity contribution is 5.83. The van der Waals surface area contributed by atoms with Gasteiger partial charge in [-0.05, 0) is 46.1 Å². The molecule has 0 unspecified atom stereocenters. The average Bonchev–Trinajstić information content (AvgIpc) is 2.31. The molecule has 0 radical (unpaired) electrons. The van der Waals surface area contributed by atoms with Crippen molar-refractivity contribution in [3.05, 3.63) is 35.4 Å². The zero-order valence-corrected chi connectivity index (χ0v) is 13.5. The monoisotopic (exact) mass is 305 g/mol. The fourth-order valence-corrected chi connectivity index (χ4v) is 2.76. The van der Waals surface area contributed by atoms with Crippen LogP contribution in [-0.2, 0) is 14.9 Å². The molecule has 2 N–H and O–H groups in total. The first kappa shape index (κ1) is 16.3. The molecule has 1 fully saturated rings. The highest BCUT2D eigenvalue weighted by Gasteiger charge is 2.52. The van der Waals surface area contributed by atoms with Crippen LogP contribution < -0.4 is 5.32 Å². The molecule has 0 atom stereocenters. The topological polar surface area (TPSA) is 75.6 Å². The van der Waals surface area contributed by atoms with Gasteiger partial charge in [-0.15, -0.1) is 0 Å². The van der Waals surface area contributed by atoms with E-state index in [9.17, 15) is 14.7 Å². The maximum absolute atomic E-state index is 11.7. The highest BCUT2D eigenvalue weighted by atomic mass is 16.6. The lowest BCUT2D eigenvalue weighted by Crippen LogP contribution is -2.57. The van der Waals surface area contributed by atoms with Gasteiger partial charge in [0, 0.05) is 6.04 Å². The number of carbonyl (C=O) groups excluding carboxylic acids is 1. The zero-order chi connectivity index (χ0) is 16.5. The standard InChI is InChI=1S/C17H23NO4/c1-11-5-7-12(8-6-11)17(14(19)20)9-13(10-17)18-15(21)22-16(2,3)4/h5-8,13H,9-10H2,1-4H3,(H,18,21)(H,19,20). The van der Waals surface area contributed by atoms with Gasteiger partial charge in [0.05, 0.1) is 5.41 Å². The number of hydrogen-bond acceptors (Lipinski definition) is 3. The molecule has 2 rings (SSSR count). The maximum Gasteiger partial charge on any atom is 0.407 e. The molecule has 1 aromatic carbocycles. The van der Waals surface area contributed by atoms with E-state index in [2.05, 4.69) is 5.32 Å². The molecule has 0 aromatic heterocycles. The normalized spacial score (nSPS) is 24.3. The first-order chi connectivity index (χ1) is 10.1. The van der Waals surface area contributed by atoms with E-state index in [1.807, 2.05) is 31.2 Å². The van der Waals surface area contributed by atoms with E-state index in [0.717, 1.165) is 11.1 Å². The lowest BCUT2D eigenvalue weighted by molar-refractivity contribution is -0.148. The van der Waals surface area contributed by atoms with Crippen LogP contribution in [0.3, 0.4) is 0 Å². The summed E-state index contributed by atoms with van der Waals surface area (Å²) in [5.41, 5.74) is 0.405. The number of hydrogen-bond donors (Lipinski definition) is 2. The molecule has 1 aliphatic rings. The predicted molar refractivity (Wildman–Crippen MR) is 82.9 cm³/mol. The third-order valence-corrected chi connectivity index (χ3v) is 3.92. The number of benzene rings is 1. The molecule has 1 amide bonds. The number of amides is 1. The van der Waals surface area contributed by atoms with Crippen molar-refractivity contribution in [2.45, 2.75) is 57.6 Å². The summed E-state index contributed by atoms with van der Waals surface area (Å²) in [6.45, 7) is 7.34. The number of carboxylic acid groups (broad SMARTS) is 1. The van der Waals surface area contributed by atoms with Crippen LogP contribution in [0.25, 0.3) is 0 Å². The Hall–Kier alpha value is -2.04. The minimum absolute atomic E-state index is 0.174. The van der Waals surface area contributed by atoms with Crippen molar-refractivity contribution >= 4 is 12.1 Å². The van der Waals surface area contributed by atoms with Gasteiger partial charge >= 0.3 is 12.1 Å². The summed E-state index contributed by atoms with van der Waals surface area (Å²) in [7, 11) is 0. The van der Waals surface area contributed by atoms with Gasteiger partial charge in [-0.25, -0.2) is 4.79 Å². The second kappa shape index (κ2) is 5.63. The van der Waals surface area contributed by atoms with Gasteiger partial charge in [0.25, 0.3) is 0 Å². The summed E-state index contributed by atoms with van der Waals surface area (Å²) in [4.78, 5) is 23.4. The molecular formula is C17H23NO4. The van der Waals surface area contributed by atoms with E-state index in [4.69, 9.17) is 4.74 Å². The van der Waals surface area contributed by atoms with Gasteiger partial charge in [0.2, 0.25) is 0 Å². The molecule has 0 heterocycles. The Labute approximate surface area is 130 Å². The van der Waals surface area contributed by atoms with Crippen LogP contribution in [0.5, 0.6) is 0 Å². The van der Waals surface area contributed by atoms with Gasteiger partial charge in [0.1, 0.15) is 5.60 Å². The molecule has 1 aliphatic carbocycles. The van der Waals surface area contributed by atoms with Crippen LogP contribution in [0.2, 0.25) is 0 Å². The second-order valence-electron chi connectivity index (χ2n) is 7.00. The van der Waals surface area contributed by atoms with E-state index < -0.39 is 23.1 Å². The van der Waals surface area contributed by atoms with Crippen LogP contribution in [0.1, 0.15) is 44.7 Å². The summed E-state index contributed by atoms with van der Waals surface area (Å²) in [5, 5.41) is 12.3. The fourth-order valence-electron chi connectivity index (χ4n) is 2.76. The van der Waals surface area contributed by atoms with Crippen molar-refractivity contribution in [3.8, 4) is 0 Å². The van der Waals surface area contributed by atoms with E-state index in [1.54, 1.807) is 20.8 Å². The summed E-state index contributed by atoms with van der Waals surface area (Å²) in [5.74, 6) is -0.849. The zero-order valence-electron chi connectivity index (χ0n) is 13.5. The van der Waals surface area contributed by atoms with Crippen molar-refractivity contribution in [2.24, 2.45) is 0 Å². The number of carboxylic acids is 1. The van der Waals surface area contributed by atoms with E-state index in [0.29, 0.717) is 12.8 Å². The van der Waals surface area contributed by atoms with Crippen molar-refractivity contribution < 1.29 is 19.4 Å². The SMILES string of the molecule is Cc1ccc(C2(C(=O)O)CC(NC(=O)OC(C)(C)C)C2)cc1. The Morgan fingerprint density at radius 3 is 2.23 bits per heavy atom. The van der Waals surface area contributed by atoms with Crippen molar-refractivity contribution in [1.29, 1.82) is 0 Å². The lowest BCUT2D eigenvalue weighted by Gasteiger charge is -2.45. The van der Waals surface area contributed by atoms with Gasteiger partial charge in [-0.2, -0.15) is 0 Å². The molecule has 1 saturated carbocycles. The second-order valence-corrected chi connectivity index (χ2v) is 7.00. The maximum atomic E-state index is 11.7. The minimum Gasteiger partial charge on any atom is -0.481 e. The Bertz CT molecular complexity index is 565. The Morgan fingerprint density at radius 2 is 1.77 bits per heavy atom. The number of alkyl carbamates (subject to hydrolysis) is 1. The molecule has 0 saturated heterocycles. The number of carbonyl (C=O) groups is 2. The van der Waals surface area contributed by atoms with Gasteiger partial charge in [-0.3, -0.25) is 4.79 Å². The van der Waals surface area contributed by atoms with Crippen LogP contribution in [0.4, 0.5) is 4.79 Å². The lowest BCUT2D eigenvalue weighted by atomic mass is 9.61. The summed E-state index contributed by atoms with van der Waals surface area (Å²) >= 11 is 0. The summed E-state index contributed by atoms with van der Waals surface area (Å²) < 4.78 is 5.20. The number of aryl methyl sites for hydroxylation is 1. The molecule has 0 bridgehead atoms. The predicted octanol–water partition coefficient (Wildman–Crippen LogP) is 3.00. The molecule has 22 heavy (non-hydrogen) atoms. The van der Waals surface area contributed by atoms with Crippen LogP contribution in [0, 0.1) is 6.92 Å². The minimum atomic E-state index is -0.909. The highest BCUT2D eigenvalue weighted by Crippen LogP contribution is 2.44. The van der Waals surface area contributed by atoms with Crippen molar-refractivity contribution in [3.63, 3.8) is 0 Å². The Kier molecular flexibility index (Phi) is 4.18. The van der Waals surface area contributed by atoms with Crippen LogP contribution >= 0.6 is 0 Å². The van der Waals surface area contributed by atoms with Gasteiger partial charge in [0.15, 0.2) is 0 Å². The van der Waals surface area contributed by atoms with Crippen LogP contribution in [0.15, 0.2) is 24.3 Å². The number of rotatable bonds is 3. The number of aliphatic carboxylic acids is 1. The van der Waals surface area contributed by atoms with Crippen molar-refractivity contribution in [2.75, 3.05) is 0 Å². The molecular weight excluding hydrogens is 282 g/mol. The van der Waals surface area contributed by atoms with E-state index in [1.165, 1.54) is 0 Å². The van der Waals surface area contributed by atoms with E-state index in [-0.39, 0.29) is 6.04 Å². The first-order valence-corrected chi connectivity index (χ1v) is 7.42. The molecule has 1 aromatic rings. The fraction of sp³-hybridized carbons (Fsp3) is 0.529. The number of ether oxygens (including phenoxy) is 1. The van der Waals surface area contributed by atoms with Gasteiger partial charge in [-0.1, -0.05) is 29.8 Å². The molecule has 0 aliphatic heterocycles. The van der Waals surface area contributed by atoms with Crippen molar-refractivity contribution in [1.82, 2.24) is 5.32 Å². The molecule has 5 heteroatoms. The Morgan fingerprint density at radius 1 is 1.23 bits per heavy atom. The first-order valence-electron chi connectivity index (χ1n) is 7.42. The summed E-state index contributed by atoms with van der Waals surface area (Å²) in [6.07, 6.45) is 0.260. The molecule has 0 spiro atoms. The molecule has 5 nitrogen and oxygen atoms in total. The molecule has 120 valence electrons. The Balaban J connectivity index is 2.02. The largest absolute Gasteiger partial charge is 0.481 e. The smallest absolute Gasteiger partial charge is 0.407 e. The van der Waals surface area contributed by atoms with Gasteiger partial charge < -0.3 is 15.2 Å². The third-order valence-electron chi connectivity index (χ3n) is 3.92. The quantitative estimate of drug-likeness (QED) is 0.900. The number of nitrogens with one attached hydrogen (secondary N) is 1. The van der Waals surface area contributed by atoms with Crippen LogP contribution in [-0.4, -0.2) is 28.8 Å². The average molecular weight is 305 g/mol. The third kappa shape index (κ3) is 3.40. The van der Waals surface area contributed by atoms with E-state index >= 15 is 0 Å². The summed E-state index contributed by atoms with van der Waals surface area (Å²) in [6, 6.07) is 7.36.